The van der Waals surface area contributed by atoms with Crippen LogP contribution < -0.4 is 16.2 Å². The third-order valence-electron chi connectivity index (χ3n) is 4.01. The van der Waals surface area contributed by atoms with Gasteiger partial charge in [0.15, 0.2) is 23.1 Å². The molecule has 150 valence electrons. The van der Waals surface area contributed by atoms with Gasteiger partial charge in [0.1, 0.15) is 0 Å². The van der Waals surface area contributed by atoms with Crippen LogP contribution in [0.15, 0.2) is 54.7 Å². The zero-order chi connectivity index (χ0) is 21.0. The van der Waals surface area contributed by atoms with Crippen LogP contribution in [0.4, 0.5) is 13.6 Å². The van der Waals surface area contributed by atoms with Crippen LogP contribution >= 0.6 is 0 Å². The lowest BCUT2D eigenvalue weighted by atomic mass is 10.1. The van der Waals surface area contributed by atoms with E-state index in [1.165, 1.54) is 16.9 Å². The number of aromatic hydroxyl groups is 1. The molecule has 1 aromatic heterocycles. The summed E-state index contributed by atoms with van der Waals surface area (Å²) in [5.41, 5.74) is 4.90. The number of rotatable bonds is 4. The smallest absolute Gasteiger partial charge is 0.333 e. The molecule has 0 fully saturated rings. The van der Waals surface area contributed by atoms with Gasteiger partial charge >= 0.3 is 6.03 Å². The molecule has 3 amide bonds. The van der Waals surface area contributed by atoms with Crippen molar-refractivity contribution in [2.24, 2.45) is 0 Å². The standard InChI is InChI=1S/C19H17F2N5O3/c1-11(12-7-8-14(20)15(21)9-12)22-19(29)24-23-18(28)17-16(27)10-26(25-17)13-5-3-2-4-6-13/h2-11,27H,1H3,(H,23,28)(H2,22,24,29). The minimum Gasteiger partial charge on any atom is -0.504 e. The van der Waals surface area contributed by atoms with Gasteiger partial charge in [-0.1, -0.05) is 24.3 Å². The number of urea groups is 1. The van der Waals surface area contributed by atoms with Gasteiger partial charge in [-0.2, -0.15) is 5.10 Å². The number of halogens is 2. The number of amides is 3. The monoisotopic (exact) mass is 401 g/mol. The molecule has 4 N–H and O–H groups in total. The Hall–Kier alpha value is -3.95. The molecule has 0 spiro atoms. The first-order valence-electron chi connectivity index (χ1n) is 8.51. The highest BCUT2D eigenvalue weighted by Gasteiger charge is 2.18. The molecule has 10 heteroatoms. The number of hydrogen-bond donors (Lipinski definition) is 4. The van der Waals surface area contributed by atoms with E-state index in [1.54, 1.807) is 31.2 Å². The topological polar surface area (TPSA) is 108 Å². The van der Waals surface area contributed by atoms with E-state index in [0.717, 1.165) is 12.1 Å². The average molecular weight is 401 g/mol. The van der Waals surface area contributed by atoms with Gasteiger partial charge in [0.2, 0.25) is 0 Å². The molecule has 0 aliphatic rings. The first-order valence-corrected chi connectivity index (χ1v) is 8.51. The summed E-state index contributed by atoms with van der Waals surface area (Å²) in [5, 5.41) is 16.4. The first-order chi connectivity index (χ1) is 13.8. The average Bonchev–Trinajstić information content (AvgIpc) is 3.10. The fraction of sp³-hybridized carbons (Fsp3) is 0.105. The van der Waals surface area contributed by atoms with Crippen molar-refractivity contribution in [3.63, 3.8) is 0 Å². The van der Waals surface area contributed by atoms with Crippen LogP contribution in [0, 0.1) is 11.6 Å². The zero-order valence-electron chi connectivity index (χ0n) is 15.2. The predicted octanol–water partition coefficient (Wildman–Crippen LogP) is 2.56. The number of hydrazine groups is 1. The van der Waals surface area contributed by atoms with Crippen molar-refractivity contribution in [1.82, 2.24) is 25.9 Å². The fourth-order valence-corrected chi connectivity index (χ4v) is 2.51. The van der Waals surface area contributed by atoms with Crippen LogP contribution in [0.25, 0.3) is 5.69 Å². The van der Waals surface area contributed by atoms with E-state index >= 15 is 0 Å². The Morgan fingerprint density at radius 2 is 1.79 bits per heavy atom. The van der Waals surface area contributed by atoms with Gasteiger partial charge in [0.25, 0.3) is 5.91 Å². The van der Waals surface area contributed by atoms with Crippen molar-refractivity contribution in [2.45, 2.75) is 13.0 Å². The molecule has 0 aliphatic carbocycles. The Morgan fingerprint density at radius 1 is 1.07 bits per heavy atom. The molecule has 3 rings (SSSR count). The molecule has 8 nitrogen and oxygen atoms in total. The van der Waals surface area contributed by atoms with Gasteiger partial charge in [-0.15, -0.1) is 0 Å². The Labute approximate surface area is 164 Å². The molecule has 0 saturated heterocycles. The number of carbonyl (C=O) groups is 2. The Morgan fingerprint density at radius 3 is 2.48 bits per heavy atom. The van der Waals surface area contributed by atoms with E-state index in [9.17, 15) is 23.5 Å². The molecule has 29 heavy (non-hydrogen) atoms. The normalized spacial score (nSPS) is 11.6. The number of para-hydroxylation sites is 1. The lowest BCUT2D eigenvalue weighted by Gasteiger charge is -2.15. The van der Waals surface area contributed by atoms with E-state index in [2.05, 4.69) is 21.3 Å². The first kappa shape index (κ1) is 19.8. The molecule has 0 bridgehead atoms. The molecule has 0 aliphatic heterocycles. The third-order valence-corrected chi connectivity index (χ3v) is 4.01. The Bertz CT molecular complexity index is 1040. The van der Waals surface area contributed by atoms with Gasteiger partial charge in [-0.3, -0.25) is 10.2 Å². The van der Waals surface area contributed by atoms with Crippen LogP contribution in [0.2, 0.25) is 0 Å². The number of nitrogens with zero attached hydrogens (tertiary/aromatic N) is 2. The van der Waals surface area contributed by atoms with Gasteiger partial charge < -0.3 is 10.4 Å². The summed E-state index contributed by atoms with van der Waals surface area (Å²) >= 11 is 0. The molecule has 0 saturated carbocycles. The van der Waals surface area contributed by atoms with Gasteiger partial charge in [0, 0.05) is 0 Å². The lowest BCUT2D eigenvalue weighted by Crippen LogP contribution is -2.47. The van der Waals surface area contributed by atoms with Crippen molar-refractivity contribution in [2.75, 3.05) is 0 Å². The van der Waals surface area contributed by atoms with Crippen molar-refractivity contribution >= 4 is 11.9 Å². The lowest BCUT2D eigenvalue weighted by molar-refractivity contribution is 0.0927. The van der Waals surface area contributed by atoms with Gasteiger partial charge in [0.05, 0.1) is 17.9 Å². The summed E-state index contributed by atoms with van der Waals surface area (Å²) in [6.07, 6.45) is 1.26. The van der Waals surface area contributed by atoms with Crippen LogP contribution in [-0.4, -0.2) is 26.8 Å². The number of benzene rings is 2. The molecule has 1 unspecified atom stereocenters. The van der Waals surface area contributed by atoms with Crippen molar-refractivity contribution in [1.29, 1.82) is 0 Å². The minimum atomic E-state index is -1.03. The third kappa shape index (κ3) is 4.67. The summed E-state index contributed by atoms with van der Waals surface area (Å²) in [6, 6.07) is 10.6. The maximum Gasteiger partial charge on any atom is 0.333 e. The molecule has 1 atom stereocenters. The molecular weight excluding hydrogens is 384 g/mol. The summed E-state index contributed by atoms with van der Waals surface area (Å²) in [5.74, 6) is -3.24. The van der Waals surface area contributed by atoms with Crippen LogP contribution in [0.3, 0.4) is 0 Å². The maximum atomic E-state index is 13.3. The highest BCUT2D eigenvalue weighted by molar-refractivity contribution is 5.95. The van der Waals surface area contributed by atoms with Crippen molar-refractivity contribution in [3.05, 3.63) is 77.6 Å². The predicted molar refractivity (Wildman–Crippen MR) is 99.1 cm³/mol. The quantitative estimate of drug-likeness (QED) is 0.504. The van der Waals surface area contributed by atoms with Crippen molar-refractivity contribution < 1.29 is 23.5 Å². The van der Waals surface area contributed by atoms with Crippen LogP contribution in [0.1, 0.15) is 29.0 Å². The summed E-state index contributed by atoms with van der Waals surface area (Å²) < 4.78 is 27.6. The molecule has 3 aromatic rings. The molecule has 1 heterocycles. The number of carbonyl (C=O) groups excluding carboxylic acids is 2. The molecule has 0 radical (unpaired) electrons. The zero-order valence-corrected chi connectivity index (χ0v) is 15.2. The summed E-state index contributed by atoms with van der Waals surface area (Å²) in [6.45, 7) is 1.56. The molecule has 2 aromatic carbocycles. The molecular formula is C19H17F2N5O3. The van der Waals surface area contributed by atoms with E-state index in [4.69, 9.17) is 0 Å². The highest BCUT2D eigenvalue weighted by atomic mass is 19.2. The SMILES string of the molecule is CC(NC(=O)NNC(=O)c1nn(-c2ccccc2)cc1O)c1ccc(F)c(F)c1. The maximum absolute atomic E-state index is 13.3. The highest BCUT2D eigenvalue weighted by Crippen LogP contribution is 2.18. The van der Waals surface area contributed by atoms with Gasteiger partial charge in [-0.25, -0.2) is 23.7 Å². The van der Waals surface area contributed by atoms with Crippen LogP contribution in [0.5, 0.6) is 5.75 Å². The number of nitrogens with one attached hydrogen (secondary N) is 3. The minimum absolute atomic E-state index is 0.289. The second-order valence-electron chi connectivity index (χ2n) is 6.09. The van der Waals surface area contributed by atoms with Crippen LogP contribution in [-0.2, 0) is 0 Å². The Kier molecular flexibility index (Phi) is 5.72. The van der Waals surface area contributed by atoms with E-state index in [1.807, 2.05) is 6.07 Å². The van der Waals surface area contributed by atoms with E-state index in [0.29, 0.717) is 11.3 Å². The van der Waals surface area contributed by atoms with Gasteiger partial charge in [-0.05, 0) is 36.8 Å². The number of hydrogen-bond acceptors (Lipinski definition) is 4. The largest absolute Gasteiger partial charge is 0.504 e. The van der Waals surface area contributed by atoms with E-state index < -0.39 is 29.6 Å². The fourth-order valence-electron chi connectivity index (χ4n) is 2.51. The van der Waals surface area contributed by atoms with E-state index in [-0.39, 0.29) is 11.4 Å². The summed E-state index contributed by atoms with van der Waals surface area (Å²) in [4.78, 5) is 24.1. The second kappa shape index (κ2) is 8.38. The van der Waals surface area contributed by atoms with Crippen molar-refractivity contribution in [3.8, 4) is 11.4 Å². The number of aromatic nitrogens is 2. The second-order valence-corrected chi connectivity index (χ2v) is 6.09. The summed E-state index contributed by atoms with van der Waals surface area (Å²) in [7, 11) is 0. The Balaban J connectivity index is 1.58.